The van der Waals surface area contributed by atoms with Crippen LogP contribution in [0.2, 0.25) is 10.0 Å². The molecule has 2 aromatic rings. The summed E-state index contributed by atoms with van der Waals surface area (Å²) in [5, 5.41) is 1.61. The average Bonchev–Trinajstić information content (AvgIpc) is 2.51. The van der Waals surface area contributed by atoms with Crippen molar-refractivity contribution in [2.75, 3.05) is 26.3 Å². The number of halogens is 2. The minimum absolute atomic E-state index is 0. The number of nitrogens with zero attached hydrogens (tertiary/aromatic N) is 1. The molecule has 3 rings (SSSR count). The van der Waals surface area contributed by atoms with Crippen LogP contribution in [0, 0.1) is 0 Å². The van der Waals surface area contributed by atoms with Crippen molar-refractivity contribution >= 4 is 23.2 Å². The molecule has 5 heteroatoms. The maximum Gasteiger partial charge on any atom is 0.0594 e. The summed E-state index contributed by atoms with van der Waals surface area (Å²) in [6.07, 6.45) is 0.845. The molecular weight excluding hydrogens is 331 g/mol. The SMILES string of the molecule is Clc1cccc(Cc2ccc(CN3CCOCC3)c(Cl)c2)c1.N. The van der Waals surface area contributed by atoms with Gasteiger partial charge in [-0.3, -0.25) is 4.90 Å². The minimum atomic E-state index is 0. The zero-order valence-corrected chi connectivity index (χ0v) is 14.6. The maximum atomic E-state index is 6.46. The highest BCUT2D eigenvalue weighted by Crippen LogP contribution is 2.22. The van der Waals surface area contributed by atoms with Crippen LogP contribution in [0.25, 0.3) is 0 Å². The summed E-state index contributed by atoms with van der Waals surface area (Å²) in [5.74, 6) is 0. The molecule has 23 heavy (non-hydrogen) atoms. The zero-order valence-electron chi connectivity index (χ0n) is 13.1. The van der Waals surface area contributed by atoms with Crippen LogP contribution in [0.3, 0.4) is 0 Å². The van der Waals surface area contributed by atoms with Crippen LogP contribution in [0.15, 0.2) is 42.5 Å². The predicted molar refractivity (Wildman–Crippen MR) is 96.8 cm³/mol. The minimum Gasteiger partial charge on any atom is -0.379 e. The van der Waals surface area contributed by atoms with Crippen molar-refractivity contribution in [1.82, 2.24) is 11.1 Å². The van der Waals surface area contributed by atoms with Crippen LogP contribution < -0.4 is 6.15 Å². The first-order valence-corrected chi connectivity index (χ1v) is 8.28. The van der Waals surface area contributed by atoms with Crippen LogP contribution >= 0.6 is 23.2 Å². The fourth-order valence-corrected chi connectivity index (χ4v) is 3.19. The lowest BCUT2D eigenvalue weighted by molar-refractivity contribution is 0.0342. The van der Waals surface area contributed by atoms with Gasteiger partial charge in [-0.25, -0.2) is 0 Å². The summed E-state index contributed by atoms with van der Waals surface area (Å²) in [6, 6.07) is 14.3. The van der Waals surface area contributed by atoms with Crippen LogP contribution in [0.4, 0.5) is 0 Å². The van der Waals surface area contributed by atoms with Gasteiger partial charge in [-0.15, -0.1) is 0 Å². The van der Waals surface area contributed by atoms with Crippen molar-refractivity contribution < 1.29 is 4.74 Å². The Morgan fingerprint density at radius 2 is 1.70 bits per heavy atom. The Labute approximate surface area is 147 Å². The molecular formula is C18H22Cl2N2O. The zero-order chi connectivity index (χ0) is 15.4. The molecule has 1 saturated heterocycles. The molecule has 3 nitrogen and oxygen atoms in total. The van der Waals surface area contributed by atoms with Crippen LogP contribution in [-0.4, -0.2) is 31.2 Å². The topological polar surface area (TPSA) is 47.5 Å². The normalized spacial score (nSPS) is 15.2. The summed E-state index contributed by atoms with van der Waals surface area (Å²) < 4.78 is 5.38. The molecule has 0 bridgehead atoms. The fourth-order valence-electron chi connectivity index (χ4n) is 2.71. The van der Waals surface area contributed by atoms with E-state index in [2.05, 4.69) is 29.2 Å². The molecule has 1 aliphatic heterocycles. The molecule has 0 aliphatic carbocycles. The first-order chi connectivity index (χ1) is 10.7. The highest BCUT2D eigenvalue weighted by Gasteiger charge is 2.12. The Bertz CT molecular complexity index is 643. The van der Waals surface area contributed by atoms with E-state index in [1.807, 2.05) is 18.2 Å². The third kappa shape index (κ3) is 5.20. The van der Waals surface area contributed by atoms with E-state index in [4.69, 9.17) is 27.9 Å². The molecule has 0 atom stereocenters. The summed E-state index contributed by atoms with van der Waals surface area (Å²) in [7, 11) is 0. The number of rotatable bonds is 4. The van der Waals surface area contributed by atoms with Gasteiger partial charge in [0.25, 0.3) is 0 Å². The number of hydrogen-bond donors (Lipinski definition) is 1. The average molecular weight is 353 g/mol. The molecule has 1 fully saturated rings. The van der Waals surface area contributed by atoms with Crippen molar-refractivity contribution in [2.45, 2.75) is 13.0 Å². The Morgan fingerprint density at radius 1 is 0.957 bits per heavy atom. The lowest BCUT2D eigenvalue weighted by Crippen LogP contribution is -2.35. The molecule has 0 unspecified atom stereocenters. The van der Waals surface area contributed by atoms with E-state index < -0.39 is 0 Å². The fraction of sp³-hybridized carbons (Fsp3) is 0.333. The number of benzene rings is 2. The van der Waals surface area contributed by atoms with E-state index in [9.17, 15) is 0 Å². The van der Waals surface area contributed by atoms with Crippen LogP contribution in [0.1, 0.15) is 16.7 Å². The van der Waals surface area contributed by atoms with Gasteiger partial charge in [0, 0.05) is 29.7 Å². The second-order valence-electron chi connectivity index (χ2n) is 5.62. The lowest BCUT2D eigenvalue weighted by Gasteiger charge is -2.27. The molecule has 0 radical (unpaired) electrons. The summed E-state index contributed by atoms with van der Waals surface area (Å²) in [5.41, 5.74) is 3.58. The van der Waals surface area contributed by atoms with Gasteiger partial charge < -0.3 is 10.9 Å². The standard InChI is InChI=1S/C18H19Cl2NO.H3N/c19-17-3-1-2-14(11-17)10-15-4-5-16(18(20)12-15)13-21-6-8-22-9-7-21;/h1-5,11-12H,6-10,13H2;1H3. The van der Waals surface area contributed by atoms with Gasteiger partial charge in [0.2, 0.25) is 0 Å². The van der Waals surface area contributed by atoms with Crippen molar-refractivity contribution in [3.05, 3.63) is 69.2 Å². The van der Waals surface area contributed by atoms with Crippen molar-refractivity contribution in [1.29, 1.82) is 0 Å². The van der Waals surface area contributed by atoms with Crippen molar-refractivity contribution in [2.24, 2.45) is 0 Å². The molecule has 0 spiro atoms. The number of ether oxygens (including phenoxy) is 1. The van der Waals surface area contributed by atoms with E-state index in [0.717, 1.165) is 49.3 Å². The van der Waals surface area contributed by atoms with Crippen LogP contribution in [0.5, 0.6) is 0 Å². The quantitative estimate of drug-likeness (QED) is 0.875. The van der Waals surface area contributed by atoms with E-state index in [1.54, 1.807) is 0 Å². The largest absolute Gasteiger partial charge is 0.379 e. The summed E-state index contributed by atoms with van der Waals surface area (Å²) in [4.78, 5) is 2.38. The molecule has 1 heterocycles. The monoisotopic (exact) mass is 352 g/mol. The Kier molecular flexibility index (Phi) is 6.88. The first-order valence-electron chi connectivity index (χ1n) is 7.52. The third-order valence-electron chi connectivity index (χ3n) is 3.91. The molecule has 0 saturated carbocycles. The van der Waals surface area contributed by atoms with Gasteiger partial charge in [0.15, 0.2) is 0 Å². The van der Waals surface area contributed by atoms with Gasteiger partial charge in [0.05, 0.1) is 13.2 Å². The second-order valence-corrected chi connectivity index (χ2v) is 6.46. The van der Waals surface area contributed by atoms with Crippen molar-refractivity contribution in [3.8, 4) is 0 Å². The van der Waals surface area contributed by atoms with E-state index >= 15 is 0 Å². The highest BCUT2D eigenvalue weighted by atomic mass is 35.5. The molecule has 0 aromatic heterocycles. The number of hydrogen-bond acceptors (Lipinski definition) is 3. The van der Waals surface area contributed by atoms with Gasteiger partial charge in [-0.05, 0) is 41.3 Å². The number of morpholine rings is 1. The van der Waals surface area contributed by atoms with Gasteiger partial charge >= 0.3 is 0 Å². The smallest absolute Gasteiger partial charge is 0.0594 e. The molecule has 0 amide bonds. The molecule has 2 aromatic carbocycles. The Morgan fingerprint density at radius 3 is 2.39 bits per heavy atom. The van der Waals surface area contributed by atoms with Gasteiger partial charge in [-0.2, -0.15) is 0 Å². The van der Waals surface area contributed by atoms with Crippen LogP contribution in [-0.2, 0) is 17.7 Å². The Balaban J connectivity index is 0.00000192. The van der Waals surface area contributed by atoms with Crippen molar-refractivity contribution in [3.63, 3.8) is 0 Å². The van der Waals surface area contributed by atoms with E-state index in [-0.39, 0.29) is 6.15 Å². The lowest BCUT2D eigenvalue weighted by atomic mass is 10.0. The second kappa shape index (κ2) is 8.67. The molecule has 1 aliphatic rings. The molecule has 124 valence electrons. The highest BCUT2D eigenvalue weighted by molar-refractivity contribution is 6.31. The summed E-state index contributed by atoms with van der Waals surface area (Å²) in [6.45, 7) is 4.45. The molecule has 3 N–H and O–H groups in total. The van der Waals surface area contributed by atoms with E-state index in [1.165, 1.54) is 16.7 Å². The predicted octanol–water partition coefficient (Wildman–Crippen LogP) is 4.58. The van der Waals surface area contributed by atoms with E-state index in [0.29, 0.717) is 0 Å². The third-order valence-corrected chi connectivity index (χ3v) is 4.50. The maximum absolute atomic E-state index is 6.46. The Hall–Kier alpha value is -1.10. The summed E-state index contributed by atoms with van der Waals surface area (Å²) >= 11 is 12.5. The first kappa shape index (κ1) is 18.2. The van der Waals surface area contributed by atoms with Gasteiger partial charge in [-0.1, -0.05) is 47.5 Å². The van der Waals surface area contributed by atoms with Gasteiger partial charge in [0.1, 0.15) is 0 Å².